The van der Waals surface area contributed by atoms with E-state index in [1.54, 1.807) is 0 Å². The zero-order valence-electron chi connectivity index (χ0n) is 14.7. The number of nitrogens with zero attached hydrogens (tertiary/aromatic N) is 1. The van der Waals surface area contributed by atoms with Gasteiger partial charge in [0.2, 0.25) is 5.91 Å². The van der Waals surface area contributed by atoms with Gasteiger partial charge in [-0.1, -0.05) is 30.3 Å². The van der Waals surface area contributed by atoms with Crippen LogP contribution in [-0.2, 0) is 4.79 Å². The van der Waals surface area contributed by atoms with Crippen LogP contribution in [0.5, 0.6) is 0 Å². The summed E-state index contributed by atoms with van der Waals surface area (Å²) in [5.41, 5.74) is 1.22. The van der Waals surface area contributed by atoms with Crippen LogP contribution in [0.2, 0.25) is 0 Å². The molecule has 1 unspecified atom stereocenters. The second-order valence-corrected chi connectivity index (χ2v) is 7.27. The molecular weight excluding hydrogens is 298 g/mol. The highest BCUT2D eigenvalue weighted by atomic mass is 16.1. The smallest absolute Gasteiger partial charge is 0.220 e. The molecule has 3 rings (SSSR count). The first-order chi connectivity index (χ1) is 11.8. The first kappa shape index (κ1) is 17.4. The maximum Gasteiger partial charge on any atom is 0.220 e. The molecule has 1 atom stereocenters. The van der Waals surface area contributed by atoms with Crippen LogP contribution in [0.1, 0.15) is 50.1 Å². The van der Waals surface area contributed by atoms with Gasteiger partial charge in [-0.2, -0.15) is 0 Å². The summed E-state index contributed by atoms with van der Waals surface area (Å²) < 4.78 is 0. The summed E-state index contributed by atoms with van der Waals surface area (Å²) in [6, 6.07) is 10.5. The van der Waals surface area contributed by atoms with Crippen LogP contribution in [0.4, 0.5) is 0 Å². The van der Waals surface area contributed by atoms with Crippen LogP contribution in [0.3, 0.4) is 0 Å². The molecular formula is C20H31N3O. The van der Waals surface area contributed by atoms with Gasteiger partial charge in [-0.3, -0.25) is 4.79 Å². The fourth-order valence-corrected chi connectivity index (χ4v) is 3.92. The van der Waals surface area contributed by atoms with Crippen molar-refractivity contribution in [3.05, 3.63) is 35.9 Å². The summed E-state index contributed by atoms with van der Waals surface area (Å²) in [6.45, 7) is 5.47. The minimum atomic E-state index is 0.116. The molecule has 0 radical (unpaired) electrons. The number of amides is 1. The van der Waals surface area contributed by atoms with E-state index in [-0.39, 0.29) is 11.9 Å². The molecule has 0 aliphatic carbocycles. The van der Waals surface area contributed by atoms with Crippen molar-refractivity contribution in [2.45, 2.75) is 44.6 Å². The van der Waals surface area contributed by atoms with E-state index in [0.29, 0.717) is 12.3 Å². The van der Waals surface area contributed by atoms with Crippen LogP contribution >= 0.6 is 0 Å². The normalized spacial score (nSPS) is 20.8. The molecule has 4 nitrogen and oxygen atoms in total. The molecule has 0 bridgehead atoms. The quantitative estimate of drug-likeness (QED) is 0.808. The number of hydrogen-bond acceptors (Lipinski definition) is 3. The molecule has 24 heavy (non-hydrogen) atoms. The van der Waals surface area contributed by atoms with E-state index in [4.69, 9.17) is 0 Å². The van der Waals surface area contributed by atoms with Gasteiger partial charge in [-0.05, 0) is 69.8 Å². The van der Waals surface area contributed by atoms with E-state index in [1.165, 1.54) is 31.2 Å². The lowest BCUT2D eigenvalue weighted by Crippen LogP contribution is -2.37. The Kier molecular flexibility index (Phi) is 6.67. The van der Waals surface area contributed by atoms with Crippen LogP contribution in [-0.4, -0.2) is 43.5 Å². The van der Waals surface area contributed by atoms with Gasteiger partial charge in [0.25, 0.3) is 0 Å². The predicted octanol–water partition coefficient (Wildman–Crippen LogP) is 2.72. The van der Waals surface area contributed by atoms with Crippen molar-refractivity contribution in [3.8, 4) is 0 Å². The van der Waals surface area contributed by atoms with E-state index in [1.807, 2.05) is 6.07 Å². The maximum absolute atomic E-state index is 12.5. The topological polar surface area (TPSA) is 44.4 Å². The second-order valence-electron chi connectivity index (χ2n) is 7.27. The van der Waals surface area contributed by atoms with Gasteiger partial charge in [0.1, 0.15) is 0 Å². The Labute approximate surface area is 146 Å². The lowest BCUT2D eigenvalue weighted by molar-refractivity contribution is -0.122. The zero-order chi connectivity index (χ0) is 16.6. The number of nitrogens with one attached hydrogen (secondary N) is 2. The first-order valence-corrected chi connectivity index (χ1v) is 9.58. The number of likely N-dealkylation sites (tertiary alicyclic amines) is 1. The summed E-state index contributed by atoms with van der Waals surface area (Å²) in [6.07, 6.45) is 6.68. The molecule has 1 amide bonds. The van der Waals surface area contributed by atoms with Crippen LogP contribution in [0, 0.1) is 5.92 Å². The van der Waals surface area contributed by atoms with E-state index < -0.39 is 0 Å². The van der Waals surface area contributed by atoms with E-state index in [0.717, 1.165) is 39.1 Å². The molecule has 2 heterocycles. The fraction of sp³-hybridized carbons (Fsp3) is 0.650. The third-order valence-electron chi connectivity index (χ3n) is 5.41. The van der Waals surface area contributed by atoms with E-state index in [2.05, 4.69) is 39.8 Å². The molecule has 0 aromatic heterocycles. The van der Waals surface area contributed by atoms with E-state index >= 15 is 0 Å². The summed E-state index contributed by atoms with van der Waals surface area (Å²) in [7, 11) is 0. The van der Waals surface area contributed by atoms with Crippen LogP contribution in [0.25, 0.3) is 0 Å². The molecule has 2 saturated heterocycles. The summed E-state index contributed by atoms with van der Waals surface area (Å²) in [4.78, 5) is 15.0. The highest BCUT2D eigenvalue weighted by Crippen LogP contribution is 2.20. The van der Waals surface area contributed by atoms with Crippen molar-refractivity contribution in [3.63, 3.8) is 0 Å². The molecule has 2 N–H and O–H groups in total. The number of rotatable bonds is 7. The van der Waals surface area contributed by atoms with Crippen molar-refractivity contribution in [1.29, 1.82) is 0 Å². The summed E-state index contributed by atoms with van der Waals surface area (Å²) in [5, 5.41) is 6.69. The molecule has 2 aliphatic heterocycles. The van der Waals surface area contributed by atoms with Gasteiger partial charge in [-0.25, -0.2) is 0 Å². The van der Waals surface area contributed by atoms with Crippen LogP contribution < -0.4 is 10.6 Å². The highest BCUT2D eigenvalue weighted by molar-refractivity contribution is 5.76. The lowest BCUT2D eigenvalue weighted by atomic mass is 9.93. The Bertz CT molecular complexity index is 493. The Morgan fingerprint density at radius 2 is 1.88 bits per heavy atom. The third kappa shape index (κ3) is 5.32. The number of hydrogen-bond donors (Lipinski definition) is 2. The number of piperidine rings is 1. The number of carbonyl (C=O) groups excluding carboxylic acids is 1. The molecule has 1 aromatic rings. The maximum atomic E-state index is 12.5. The van der Waals surface area contributed by atoms with Crippen LogP contribution in [0.15, 0.2) is 30.3 Å². The van der Waals surface area contributed by atoms with Crippen molar-refractivity contribution in [2.75, 3.05) is 32.7 Å². The highest BCUT2D eigenvalue weighted by Gasteiger charge is 2.21. The van der Waals surface area contributed by atoms with Gasteiger partial charge in [-0.15, -0.1) is 0 Å². The van der Waals surface area contributed by atoms with Crippen molar-refractivity contribution >= 4 is 5.91 Å². The third-order valence-corrected chi connectivity index (χ3v) is 5.41. The van der Waals surface area contributed by atoms with Gasteiger partial charge in [0.05, 0.1) is 6.04 Å². The molecule has 2 fully saturated rings. The Morgan fingerprint density at radius 3 is 2.58 bits per heavy atom. The monoisotopic (exact) mass is 329 g/mol. The average molecular weight is 329 g/mol. The Balaban J connectivity index is 1.53. The Hall–Kier alpha value is -1.39. The number of carbonyl (C=O) groups is 1. The minimum absolute atomic E-state index is 0.116. The first-order valence-electron chi connectivity index (χ1n) is 9.58. The standard InChI is InChI=1S/C20H31N3O/c24-20(9-8-17-10-12-21-13-11-17)22-19(16-23-14-4-5-15-23)18-6-2-1-3-7-18/h1-3,6-7,17,19,21H,4-5,8-16H2,(H,22,24). The molecule has 0 saturated carbocycles. The second kappa shape index (κ2) is 9.19. The van der Waals surface area contributed by atoms with Gasteiger partial charge < -0.3 is 15.5 Å². The summed E-state index contributed by atoms with van der Waals surface area (Å²) in [5.74, 6) is 0.923. The number of benzene rings is 1. The summed E-state index contributed by atoms with van der Waals surface area (Å²) >= 11 is 0. The van der Waals surface area contributed by atoms with Gasteiger partial charge in [0, 0.05) is 13.0 Å². The zero-order valence-corrected chi connectivity index (χ0v) is 14.7. The molecule has 4 heteroatoms. The van der Waals surface area contributed by atoms with Crippen molar-refractivity contribution in [1.82, 2.24) is 15.5 Å². The Morgan fingerprint density at radius 1 is 1.17 bits per heavy atom. The largest absolute Gasteiger partial charge is 0.348 e. The molecule has 0 spiro atoms. The molecule has 1 aromatic carbocycles. The van der Waals surface area contributed by atoms with E-state index in [9.17, 15) is 4.79 Å². The fourth-order valence-electron chi connectivity index (χ4n) is 3.92. The SMILES string of the molecule is O=C(CCC1CCNCC1)NC(CN1CCCC1)c1ccccc1. The van der Waals surface area contributed by atoms with Gasteiger partial charge >= 0.3 is 0 Å². The van der Waals surface area contributed by atoms with Gasteiger partial charge in [0.15, 0.2) is 0 Å². The average Bonchev–Trinajstić information content (AvgIpc) is 3.14. The molecule has 2 aliphatic rings. The molecule has 132 valence electrons. The minimum Gasteiger partial charge on any atom is -0.348 e. The van der Waals surface area contributed by atoms with Crippen molar-refractivity contribution in [2.24, 2.45) is 5.92 Å². The lowest BCUT2D eigenvalue weighted by Gasteiger charge is -2.26. The predicted molar refractivity (Wildman–Crippen MR) is 97.8 cm³/mol. The van der Waals surface area contributed by atoms with Crippen molar-refractivity contribution < 1.29 is 4.79 Å².